The van der Waals surface area contributed by atoms with Crippen molar-refractivity contribution in [2.45, 2.75) is 52.4 Å². The number of rotatable bonds is 12. The standard InChI is InChI=1S/C19H30F2N2O3S/c1-4-6-8-15(5-2)14-22-19(24)9-7-12-23(27(3,25)26)18-11-10-16(20)13-17(18)21/h10-11,13,15H,4-9,12,14H2,1-3H3,(H,22,24)/t15-/m0/s1. The van der Waals surface area contributed by atoms with Crippen molar-refractivity contribution >= 4 is 21.6 Å². The molecule has 0 radical (unpaired) electrons. The number of halogens is 2. The first-order valence-electron chi connectivity index (χ1n) is 9.38. The molecule has 1 aromatic rings. The molecule has 0 aliphatic carbocycles. The molecule has 0 spiro atoms. The van der Waals surface area contributed by atoms with Gasteiger partial charge in [-0.15, -0.1) is 0 Å². The molecular weight excluding hydrogens is 374 g/mol. The van der Waals surface area contributed by atoms with Crippen LogP contribution in [0, 0.1) is 17.6 Å². The molecule has 0 saturated carbocycles. The summed E-state index contributed by atoms with van der Waals surface area (Å²) < 4.78 is 51.8. The minimum atomic E-state index is -3.75. The van der Waals surface area contributed by atoms with E-state index in [0.29, 0.717) is 18.5 Å². The number of nitrogens with one attached hydrogen (secondary N) is 1. The first-order chi connectivity index (χ1) is 12.7. The van der Waals surface area contributed by atoms with E-state index in [4.69, 9.17) is 0 Å². The predicted molar refractivity (Wildman–Crippen MR) is 104 cm³/mol. The maximum absolute atomic E-state index is 13.9. The Labute approximate surface area is 161 Å². The van der Waals surface area contributed by atoms with Gasteiger partial charge in [-0.1, -0.05) is 33.1 Å². The SMILES string of the molecule is CCCC[C@H](CC)CNC(=O)CCCN(c1ccc(F)cc1F)S(C)(=O)=O. The van der Waals surface area contributed by atoms with Gasteiger partial charge in [0.05, 0.1) is 11.9 Å². The summed E-state index contributed by atoms with van der Waals surface area (Å²) in [6.07, 6.45) is 5.63. The Bertz CT molecular complexity index is 711. The highest BCUT2D eigenvalue weighted by Gasteiger charge is 2.21. The first-order valence-corrected chi connectivity index (χ1v) is 11.2. The number of sulfonamides is 1. The van der Waals surface area contributed by atoms with Crippen LogP contribution in [0.25, 0.3) is 0 Å². The number of hydrogen-bond acceptors (Lipinski definition) is 3. The number of nitrogens with zero attached hydrogens (tertiary/aromatic N) is 1. The Morgan fingerprint density at radius 2 is 1.93 bits per heavy atom. The van der Waals surface area contributed by atoms with Gasteiger partial charge in [-0.05, 0) is 30.9 Å². The van der Waals surface area contributed by atoms with Crippen molar-refractivity contribution in [3.05, 3.63) is 29.8 Å². The van der Waals surface area contributed by atoms with E-state index in [2.05, 4.69) is 19.2 Å². The lowest BCUT2D eigenvalue weighted by Gasteiger charge is -2.23. The lowest BCUT2D eigenvalue weighted by Crippen LogP contribution is -2.33. The van der Waals surface area contributed by atoms with Crippen LogP contribution in [-0.2, 0) is 14.8 Å². The van der Waals surface area contributed by atoms with Crippen LogP contribution in [0.1, 0.15) is 52.4 Å². The third kappa shape index (κ3) is 8.24. The van der Waals surface area contributed by atoms with Gasteiger partial charge >= 0.3 is 0 Å². The topological polar surface area (TPSA) is 66.5 Å². The highest BCUT2D eigenvalue weighted by atomic mass is 32.2. The number of carbonyl (C=O) groups is 1. The zero-order chi connectivity index (χ0) is 20.4. The number of unbranched alkanes of at least 4 members (excludes halogenated alkanes) is 1. The van der Waals surface area contributed by atoms with Gasteiger partial charge in [0.15, 0.2) is 0 Å². The van der Waals surface area contributed by atoms with Crippen LogP contribution < -0.4 is 9.62 Å². The summed E-state index contributed by atoms with van der Waals surface area (Å²) in [6.45, 7) is 4.77. The van der Waals surface area contributed by atoms with Gasteiger partial charge in [0, 0.05) is 25.6 Å². The van der Waals surface area contributed by atoms with E-state index in [0.717, 1.165) is 48.4 Å². The molecule has 1 N–H and O–H groups in total. The first kappa shape index (κ1) is 23.3. The average Bonchev–Trinajstić information content (AvgIpc) is 2.59. The predicted octanol–water partition coefficient (Wildman–Crippen LogP) is 3.84. The molecule has 1 amide bonds. The fraction of sp³-hybridized carbons (Fsp3) is 0.632. The summed E-state index contributed by atoms with van der Waals surface area (Å²) in [5.41, 5.74) is -0.218. The summed E-state index contributed by atoms with van der Waals surface area (Å²) in [5.74, 6) is -1.45. The minimum Gasteiger partial charge on any atom is -0.356 e. The summed E-state index contributed by atoms with van der Waals surface area (Å²) in [5, 5.41) is 2.88. The van der Waals surface area contributed by atoms with Crippen molar-refractivity contribution < 1.29 is 22.0 Å². The Balaban J connectivity index is 2.58. The van der Waals surface area contributed by atoms with Crippen molar-refractivity contribution in [3.8, 4) is 0 Å². The summed E-state index contributed by atoms with van der Waals surface area (Å²) in [7, 11) is -3.75. The molecule has 0 heterocycles. The second-order valence-electron chi connectivity index (χ2n) is 6.75. The molecule has 0 unspecified atom stereocenters. The van der Waals surface area contributed by atoms with Crippen LogP contribution in [0.3, 0.4) is 0 Å². The number of amides is 1. The van der Waals surface area contributed by atoms with Crippen molar-refractivity contribution in [2.24, 2.45) is 5.92 Å². The maximum atomic E-state index is 13.9. The van der Waals surface area contributed by atoms with Crippen LogP contribution in [0.15, 0.2) is 18.2 Å². The van der Waals surface area contributed by atoms with E-state index in [1.54, 1.807) is 0 Å². The zero-order valence-electron chi connectivity index (χ0n) is 16.3. The van der Waals surface area contributed by atoms with Gasteiger partial charge in [0.2, 0.25) is 15.9 Å². The molecule has 0 aliphatic heterocycles. The van der Waals surface area contributed by atoms with Crippen molar-refractivity contribution in [1.29, 1.82) is 0 Å². The number of anilines is 1. The highest BCUT2D eigenvalue weighted by molar-refractivity contribution is 7.92. The molecule has 0 bridgehead atoms. The van der Waals surface area contributed by atoms with Crippen LogP contribution in [0.2, 0.25) is 0 Å². The number of carbonyl (C=O) groups excluding carboxylic acids is 1. The quantitative estimate of drug-likeness (QED) is 0.576. The van der Waals surface area contributed by atoms with Gasteiger partial charge < -0.3 is 5.32 Å². The summed E-state index contributed by atoms with van der Waals surface area (Å²) >= 11 is 0. The zero-order valence-corrected chi connectivity index (χ0v) is 17.1. The third-order valence-corrected chi connectivity index (χ3v) is 5.65. The van der Waals surface area contributed by atoms with Gasteiger partial charge in [-0.3, -0.25) is 9.10 Å². The average molecular weight is 405 g/mol. The molecule has 0 aromatic heterocycles. The second-order valence-corrected chi connectivity index (χ2v) is 8.66. The fourth-order valence-corrected chi connectivity index (χ4v) is 3.79. The molecule has 154 valence electrons. The summed E-state index contributed by atoms with van der Waals surface area (Å²) in [6, 6.07) is 2.73. The van der Waals surface area contributed by atoms with E-state index in [-0.39, 0.29) is 31.0 Å². The molecule has 0 saturated heterocycles. The van der Waals surface area contributed by atoms with Crippen LogP contribution in [0.4, 0.5) is 14.5 Å². The molecule has 8 heteroatoms. The third-order valence-electron chi connectivity index (χ3n) is 4.47. The van der Waals surface area contributed by atoms with E-state index in [1.165, 1.54) is 0 Å². The van der Waals surface area contributed by atoms with E-state index in [9.17, 15) is 22.0 Å². The Morgan fingerprint density at radius 1 is 1.22 bits per heavy atom. The van der Waals surface area contributed by atoms with Gasteiger partial charge in [0.1, 0.15) is 11.6 Å². The normalized spacial score (nSPS) is 12.6. The minimum absolute atomic E-state index is 0.0537. The van der Waals surface area contributed by atoms with Crippen molar-refractivity contribution in [3.63, 3.8) is 0 Å². The second kappa shape index (κ2) is 11.2. The van der Waals surface area contributed by atoms with Crippen LogP contribution >= 0.6 is 0 Å². The number of benzene rings is 1. The Kier molecular flexibility index (Phi) is 9.69. The van der Waals surface area contributed by atoms with Crippen molar-refractivity contribution in [1.82, 2.24) is 5.32 Å². The molecule has 1 aromatic carbocycles. The smallest absolute Gasteiger partial charge is 0.232 e. The lowest BCUT2D eigenvalue weighted by atomic mass is 9.99. The lowest BCUT2D eigenvalue weighted by molar-refractivity contribution is -0.121. The number of hydrogen-bond donors (Lipinski definition) is 1. The molecular formula is C19H30F2N2O3S. The largest absolute Gasteiger partial charge is 0.356 e. The van der Waals surface area contributed by atoms with Crippen molar-refractivity contribution in [2.75, 3.05) is 23.7 Å². The summed E-state index contributed by atoms with van der Waals surface area (Å²) in [4.78, 5) is 12.0. The Morgan fingerprint density at radius 3 is 2.48 bits per heavy atom. The fourth-order valence-electron chi connectivity index (χ4n) is 2.82. The molecule has 1 atom stereocenters. The van der Waals surface area contributed by atoms with E-state index in [1.807, 2.05) is 0 Å². The molecule has 27 heavy (non-hydrogen) atoms. The molecule has 5 nitrogen and oxygen atoms in total. The highest BCUT2D eigenvalue weighted by Crippen LogP contribution is 2.23. The molecule has 0 fully saturated rings. The van der Waals surface area contributed by atoms with Gasteiger partial charge in [-0.2, -0.15) is 0 Å². The van der Waals surface area contributed by atoms with E-state index < -0.39 is 21.7 Å². The van der Waals surface area contributed by atoms with Gasteiger partial charge in [0.25, 0.3) is 0 Å². The monoisotopic (exact) mass is 404 g/mol. The van der Waals surface area contributed by atoms with E-state index >= 15 is 0 Å². The van der Waals surface area contributed by atoms with Crippen LogP contribution in [-0.4, -0.2) is 33.7 Å². The molecule has 0 aliphatic rings. The molecule has 1 rings (SSSR count). The van der Waals surface area contributed by atoms with Gasteiger partial charge in [-0.25, -0.2) is 17.2 Å². The van der Waals surface area contributed by atoms with Crippen LogP contribution in [0.5, 0.6) is 0 Å². The maximum Gasteiger partial charge on any atom is 0.232 e. The Hall–Kier alpha value is -1.70.